The number of fused-ring (bicyclic) bond motifs is 1. The SMILES string of the molecule is O=C(CNc1nnc(-c2n[nH]c3c2CCCC3)o1)N1CCC2(CC1)CC2. The molecule has 1 spiro atoms. The molecule has 26 heavy (non-hydrogen) atoms. The van der Waals surface area contributed by atoms with Gasteiger partial charge in [-0.3, -0.25) is 9.89 Å². The molecule has 1 amide bonds. The average molecular weight is 356 g/mol. The van der Waals surface area contributed by atoms with E-state index in [4.69, 9.17) is 4.42 Å². The summed E-state index contributed by atoms with van der Waals surface area (Å²) in [4.78, 5) is 14.3. The van der Waals surface area contributed by atoms with Crippen LogP contribution in [0.1, 0.15) is 49.8 Å². The van der Waals surface area contributed by atoms with Gasteiger partial charge in [0.1, 0.15) is 0 Å². The molecule has 0 atom stereocenters. The van der Waals surface area contributed by atoms with E-state index in [9.17, 15) is 4.79 Å². The molecule has 138 valence electrons. The summed E-state index contributed by atoms with van der Waals surface area (Å²) < 4.78 is 5.69. The van der Waals surface area contributed by atoms with Gasteiger partial charge in [0.05, 0.1) is 6.54 Å². The highest BCUT2D eigenvalue weighted by molar-refractivity contribution is 5.80. The Bertz CT molecular complexity index is 812. The summed E-state index contributed by atoms with van der Waals surface area (Å²) in [6.07, 6.45) is 9.33. The van der Waals surface area contributed by atoms with Gasteiger partial charge in [-0.2, -0.15) is 5.10 Å². The number of piperidine rings is 1. The average Bonchev–Trinajstić information content (AvgIpc) is 3.10. The number of anilines is 1. The van der Waals surface area contributed by atoms with Crippen molar-refractivity contribution >= 4 is 11.9 Å². The summed E-state index contributed by atoms with van der Waals surface area (Å²) in [6, 6.07) is 0.275. The van der Waals surface area contributed by atoms with Gasteiger partial charge in [0.15, 0.2) is 5.69 Å². The molecule has 8 heteroatoms. The first-order valence-electron chi connectivity index (χ1n) is 9.64. The van der Waals surface area contributed by atoms with Crippen LogP contribution in [0.2, 0.25) is 0 Å². The van der Waals surface area contributed by atoms with E-state index in [2.05, 4.69) is 25.7 Å². The quantitative estimate of drug-likeness (QED) is 0.871. The van der Waals surface area contributed by atoms with Gasteiger partial charge in [0.25, 0.3) is 5.89 Å². The van der Waals surface area contributed by atoms with Gasteiger partial charge in [-0.15, -0.1) is 5.10 Å². The molecule has 8 nitrogen and oxygen atoms in total. The third-order valence-corrected chi connectivity index (χ3v) is 6.21. The molecule has 1 saturated carbocycles. The van der Waals surface area contributed by atoms with Crippen LogP contribution in [0.3, 0.4) is 0 Å². The second-order valence-corrected chi connectivity index (χ2v) is 7.88. The van der Waals surface area contributed by atoms with Crippen molar-refractivity contribution in [1.29, 1.82) is 0 Å². The van der Waals surface area contributed by atoms with Crippen LogP contribution < -0.4 is 5.32 Å². The van der Waals surface area contributed by atoms with Gasteiger partial charge in [0.2, 0.25) is 5.91 Å². The number of rotatable bonds is 4. The fraction of sp³-hybridized carbons (Fsp3) is 0.667. The third-order valence-electron chi connectivity index (χ3n) is 6.21. The zero-order chi connectivity index (χ0) is 17.6. The van der Waals surface area contributed by atoms with E-state index in [1.54, 1.807) is 0 Å². The minimum absolute atomic E-state index is 0.0948. The molecule has 5 rings (SSSR count). The van der Waals surface area contributed by atoms with Crippen LogP contribution in [0.25, 0.3) is 11.6 Å². The Morgan fingerprint density at radius 3 is 2.77 bits per heavy atom. The van der Waals surface area contributed by atoms with Crippen LogP contribution in [-0.2, 0) is 17.6 Å². The highest BCUT2D eigenvalue weighted by Gasteiger charge is 2.45. The number of carbonyl (C=O) groups excluding carboxylic acids is 1. The lowest BCUT2D eigenvalue weighted by molar-refractivity contribution is -0.130. The van der Waals surface area contributed by atoms with E-state index in [-0.39, 0.29) is 18.5 Å². The van der Waals surface area contributed by atoms with E-state index < -0.39 is 0 Å². The van der Waals surface area contributed by atoms with Crippen molar-refractivity contribution < 1.29 is 9.21 Å². The van der Waals surface area contributed by atoms with Crippen LogP contribution in [0, 0.1) is 5.41 Å². The molecular formula is C18H24N6O2. The maximum Gasteiger partial charge on any atom is 0.316 e. The number of nitrogens with zero attached hydrogens (tertiary/aromatic N) is 4. The number of aryl methyl sites for hydroxylation is 1. The summed E-state index contributed by atoms with van der Waals surface area (Å²) in [5.41, 5.74) is 3.68. The van der Waals surface area contributed by atoms with Crippen molar-refractivity contribution in [2.75, 3.05) is 25.0 Å². The van der Waals surface area contributed by atoms with Crippen molar-refractivity contribution in [1.82, 2.24) is 25.3 Å². The summed E-state index contributed by atoms with van der Waals surface area (Å²) in [5.74, 6) is 0.505. The maximum atomic E-state index is 12.4. The number of likely N-dealkylation sites (tertiary alicyclic amines) is 1. The predicted octanol–water partition coefficient (Wildman–Crippen LogP) is 2.15. The Morgan fingerprint density at radius 1 is 1.15 bits per heavy atom. The molecule has 0 radical (unpaired) electrons. The molecule has 3 heterocycles. The van der Waals surface area contributed by atoms with Gasteiger partial charge >= 0.3 is 6.01 Å². The molecule has 2 aromatic heterocycles. The molecule has 2 fully saturated rings. The molecular weight excluding hydrogens is 332 g/mol. The molecule has 1 saturated heterocycles. The van der Waals surface area contributed by atoms with Crippen LogP contribution in [-0.4, -0.2) is 50.8 Å². The Morgan fingerprint density at radius 2 is 1.96 bits per heavy atom. The number of nitrogens with one attached hydrogen (secondary N) is 2. The molecule has 2 aromatic rings. The van der Waals surface area contributed by atoms with Gasteiger partial charge in [-0.05, 0) is 56.8 Å². The summed E-state index contributed by atoms with van der Waals surface area (Å²) in [6.45, 7) is 1.93. The molecule has 0 aromatic carbocycles. The Balaban J connectivity index is 1.20. The summed E-state index contributed by atoms with van der Waals surface area (Å²) in [7, 11) is 0. The first-order chi connectivity index (χ1) is 12.7. The number of aromatic nitrogens is 4. The first-order valence-corrected chi connectivity index (χ1v) is 9.64. The van der Waals surface area contributed by atoms with Gasteiger partial charge in [-0.25, -0.2) is 0 Å². The van der Waals surface area contributed by atoms with Crippen LogP contribution in [0.4, 0.5) is 6.01 Å². The van der Waals surface area contributed by atoms with Crippen LogP contribution in [0.15, 0.2) is 4.42 Å². The monoisotopic (exact) mass is 356 g/mol. The Hall–Kier alpha value is -2.38. The summed E-state index contributed by atoms with van der Waals surface area (Å²) in [5, 5.41) is 18.5. The number of hydrogen-bond donors (Lipinski definition) is 2. The number of amides is 1. The fourth-order valence-corrected chi connectivity index (χ4v) is 4.22. The van der Waals surface area contributed by atoms with E-state index in [0.29, 0.717) is 11.3 Å². The smallest absolute Gasteiger partial charge is 0.316 e. The first kappa shape index (κ1) is 15.8. The minimum Gasteiger partial charge on any atom is -0.402 e. The number of carbonyl (C=O) groups is 1. The fourth-order valence-electron chi connectivity index (χ4n) is 4.22. The maximum absolute atomic E-state index is 12.4. The van der Waals surface area contributed by atoms with E-state index in [1.807, 2.05) is 4.90 Å². The van der Waals surface area contributed by atoms with E-state index in [0.717, 1.165) is 50.9 Å². The predicted molar refractivity (Wildman–Crippen MR) is 94.5 cm³/mol. The molecule has 1 aliphatic heterocycles. The van der Waals surface area contributed by atoms with E-state index in [1.165, 1.54) is 30.5 Å². The topological polar surface area (TPSA) is 99.9 Å². The second kappa shape index (κ2) is 6.10. The zero-order valence-electron chi connectivity index (χ0n) is 14.9. The summed E-state index contributed by atoms with van der Waals surface area (Å²) >= 11 is 0. The zero-order valence-corrected chi connectivity index (χ0v) is 14.9. The Kier molecular flexibility index (Phi) is 3.72. The van der Waals surface area contributed by atoms with Crippen molar-refractivity contribution in [2.45, 2.75) is 51.4 Å². The number of aromatic amines is 1. The Labute approximate surface area is 151 Å². The molecule has 2 N–H and O–H groups in total. The number of H-pyrrole nitrogens is 1. The second-order valence-electron chi connectivity index (χ2n) is 7.88. The normalized spacial score (nSPS) is 20.8. The van der Waals surface area contributed by atoms with Gasteiger partial charge in [-0.1, -0.05) is 5.10 Å². The third kappa shape index (κ3) is 2.87. The van der Waals surface area contributed by atoms with Crippen molar-refractivity contribution in [2.24, 2.45) is 5.41 Å². The van der Waals surface area contributed by atoms with Gasteiger partial charge < -0.3 is 14.6 Å². The lowest BCUT2D eigenvalue weighted by Crippen LogP contribution is -2.41. The standard InChI is InChI=1S/C18H24N6O2/c25-14(24-9-7-18(5-6-18)8-10-24)11-19-17-23-22-16(26-17)15-12-3-1-2-4-13(12)20-21-15/h1-11H2,(H,19,23)(H,20,21). The molecule has 3 aliphatic rings. The van der Waals surface area contributed by atoms with Gasteiger partial charge in [0, 0.05) is 24.3 Å². The van der Waals surface area contributed by atoms with Crippen LogP contribution >= 0.6 is 0 Å². The van der Waals surface area contributed by atoms with Crippen molar-refractivity contribution in [3.8, 4) is 11.6 Å². The lowest BCUT2D eigenvalue weighted by atomic mass is 9.94. The largest absolute Gasteiger partial charge is 0.402 e. The van der Waals surface area contributed by atoms with Crippen LogP contribution in [0.5, 0.6) is 0 Å². The highest BCUT2D eigenvalue weighted by atomic mass is 16.4. The molecule has 2 aliphatic carbocycles. The van der Waals surface area contributed by atoms with Crippen molar-refractivity contribution in [3.63, 3.8) is 0 Å². The van der Waals surface area contributed by atoms with E-state index >= 15 is 0 Å². The molecule has 0 bridgehead atoms. The molecule has 0 unspecified atom stereocenters. The lowest BCUT2D eigenvalue weighted by Gasteiger charge is -2.32. The highest BCUT2D eigenvalue weighted by Crippen LogP contribution is 2.53. The minimum atomic E-state index is 0.0948. The van der Waals surface area contributed by atoms with Crippen molar-refractivity contribution in [3.05, 3.63) is 11.3 Å². The number of hydrogen-bond acceptors (Lipinski definition) is 6.